The number of aliphatic imine (C=N–C) groups is 1. The van der Waals surface area contributed by atoms with Crippen LogP contribution in [0.2, 0.25) is 5.02 Å². The van der Waals surface area contributed by atoms with Gasteiger partial charge >= 0.3 is 0 Å². The number of rotatable bonds is 7. The van der Waals surface area contributed by atoms with Gasteiger partial charge < -0.3 is 19.9 Å². The molecule has 1 atom stereocenters. The lowest BCUT2D eigenvalue weighted by Gasteiger charge is -2.18. The van der Waals surface area contributed by atoms with Crippen LogP contribution in [0.3, 0.4) is 0 Å². The lowest BCUT2D eigenvalue weighted by Crippen LogP contribution is -2.39. The van der Waals surface area contributed by atoms with E-state index in [0.717, 1.165) is 17.0 Å². The van der Waals surface area contributed by atoms with Gasteiger partial charge in [-0.15, -0.1) is 24.0 Å². The third-order valence-corrected chi connectivity index (χ3v) is 4.02. The van der Waals surface area contributed by atoms with Gasteiger partial charge in [0, 0.05) is 31.8 Å². The van der Waals surface area contributed by atoms with Gasteiger partial charge in [-0.3, -0.25) is 4.99 Å². The zero-order chi connectivity index (χ0) is 18.2. The predicted molar refractivity (Wildman–Crippen MR) is 115 cm³/mol. The summed E-state index contributed by atoms with van der Waals surface area (Å²) >= 11 is 6.05. The van der Waals surface area contributed by atoms with Crippen LogP contribution in [0, 0.1) is 0 Å². The molecule has 1 aromatic heterocycles. The van der Waals surface area contributed by atoms with E-state index in [-0.39, 0.29) is 30.1 Å². The van der Waals surface area contributed by atoms with E-state index in [1.807, 2.05) is 30.3 Å². The molecule has 0 spiro atoms. The molecule has 0 aliphatic heterocycles. The molecule has 0 saturated carbocycles. The standard InChI is InChI=1S/C18H25ClN4O2.HI/c1-12(2)16-9-15(25-23-16)10-21-18(20-3)22-11-17(24-4)13-6-5-7-14(19)8-13;/h5-9,12,17H,10-11H2,1-4H3,(H2,20,21,22);1H. The van der Waals surface area contributed by atoms with E-state index < -0.39 is 0 Å². The Morgan fingerprint density at radius 3 is 2.65 bits per heavy atom. The number of hydrogen-bond acceptors (Lipinski definition) is 4. The molecule has 0 amide bonds. The number of methoxy groups -OCH3 is 1. The van der Waals surface area contributed by atoms with Gasteiger partial charge in [0.25, 0.3) is 0 Å². The Kier molecular flexibility index (Phi) is 9.97. The van der Waals surface area contributed by atoms with Crippen molar-refractivity contribution in [1.82, 2.24) is 15.8 Å². The molecule has 0 aliphatic rings. The van der Waals surface area contributed by atoms with Crippen LogP contribution in [0.4, 0.5) is 0 Å². The second-order valence-corrected chi connectivity index (χ2v) is 6.40. The molecule has 0 radical (unpaired) electrons. The van der Waals surface area contributed by atoms with E-state index in [4.69, 9.17) is 20.9 Å². The summed E-state index contributed by atoms with van der Waals surface area (Å²) in [7, 11) is 3.39. The topological polar surface area (TPSA) is 71.7 Å². The van der Waals surface area contributed by atoms with Crippen LogP contribution in [0.15, 0.2) is 39.8 Å². The zero-order valence-corrected chi connectivity index (χ0v) is 18.5. The molecule has 6 nitrogen and oxygen atoms in total. The fourth-order valence-corrected chi connectivity index (χ4v) is 2.51. The van der Waals surface area contributed by atoms with Crippen molar-refractivity contribution in [3.8, 4) is 0 Å². The SMILES string of the molecule is CN=C(NCc1cc(C(C)C)no1)NCC(OC)c1cccc(Cl)c1.I. The number of guanidine groups is 1. The first-order chi connectivity index (χ1) is 12.0. The van der Waals surface area contributed by atoms with Crippen LogP contribution < -0.4 is 10.6 Å². The molecule has 0 aliphatic carbocycles. The van der Waals surface area contributed by atoms with Gasteiger partial charge in [-0.2, -0.15) is 0 Å². The fraction of sp³-hybridized carbons (Fsp3) is 0.444. The summed E-state index contributed by atoms with van der Waals surface area (Å²) in [4.78, 5) is 4.21. The maximum absolute atomic E-state index is 6.05. The molecule has 1 aromatic carbocycles. The average Bonchev–Trinajstić information content (AvgIpc) is 3.07. The minimum atomic E-state index is -0.130. The third-order valence-electron chi connectivity index (χ3n) is 3.78. The molecule has 0 saturated heterocycles. The van der Waals surface area contributed by atoms with E-state index in [1.165, 1.54) is 0 Å². The maximum Gasteiger partial charge on any atom is 0.191 e. The van der Waals surface area contributed by atoms with E-state index >= 15 is 0 Å². The van der Waals surface area contributed by atoms with Crippen LogP contribution >= 0.6 is 35.6 Å². The van der Waals surface area contributed by atoms with E-state index in [0.29, 0.717) is 30.0 Å². The highest BCUT2D eigenvalue weighted by molar-refractivity contribution is 14.0. The summed E-state index contributed by atoms with van der Waals surface area (Å²) in [6.45, 7) is 5.23. The molecule has 26 heavy (non-hydrogen) atoms. The molecule has 2 aromatic rings. The van der Waals surface area contributed by atoms with Crippen molar-refractivity contribution in [3.63, 3.8) is 0 Å². The molecule has 1 unspecified atom stereocenters. The molecule has 0 bridgehead atoms. The number of nitrogens with one attached hydrogen (secondary N) is 2. The largest absolute Gasteiger partial charge is 0.375 e. The summed E-state index contributed by atoms with van der Waals surface area (Å²) in [5.74, 6) is 1.77. The highest BCUT2D eigenvalue weighted by atomic mass is 127. The second-order valence-electron chi connectivity index (χ2n) is 5.96. The second kappa shape index (κ2) is 11.4. The van der Waals surface area contributed by atoms with Gasteiger partial charge in [0.15, 0.2) is 11.7 Å². The summed E-state index contributed by atoms with van der Waals surface area (Å²) in [6, 6.07) is 9.59. The molecular formula is C18H26ClIN4O2. The third kappa shape index (κ3) is 6.77. The number of hydrogen-bond donors (Lipinski definition) is 2. The van der Waals surface area contributed by atoms with Crippen LogP contribution in [0.1, 0.15) is 42.9 Å². The lowest BCUT2D eigenvalue weighted by molar-refractivity contribution is 0.106. The van der Waals surface area contributed by atoms with E-state index in [9.17, 15) is 0 Å². The van der Waals surface area contributed by atoms with Gasteiger partial charge in [0.2, 0.25) is 0 Å². The highest BCUT2D eigenvalue weighted by Crippen LogP contribution is 2.19. The monoisotopic (exact) mass is 492 g/mol. The number of halogens is 2. The summed E-state index contributed by atoms with van der Waals surface area (Å²) in [6.07, 6.45) is -0.130. The Morgan fingerprint density at radius 1 is 1.31 bits per heavy atom. The molecule has 8 heteroatoms. The number of nitrogens with zero attached hydrogens (tertiary/aromatic N) is 2. The Bertz CT molecular complexity index is 706. The molecule has 2 rings (SSSR count). The minimum absolute atomic E-state index is 0. The van der Waals surface area contributed by atoms with Crippen molar-refractivity contribution in [2.45, 2.75) is 32.4 Å². The normalized spacial score (nSPS) is 12.6. The number of aromatic nitrogens is 1. The van der Waals surface area contributed by atoms with Crippen molar-refractivity contribution in [3.05, 3.63) is 52.4 Å². The van der Waals surface area contributed by atoms with Crippen LogP contribution in [0.25, 0.3) is 0 Å². The van der Waals surface area contributed by atoms with E-state index in [2.05, 4.69) is 34.6 Å². The number of ether oxygens (including phenoxy) is 1. The van der Waals surface area contributed by atoms with Gasteiger partial charge in [-0.25, -0.2) is 0 Å². The van der Waals surface area contributed by atoms with Crippen molar-refractivity contribution < 1.29 is 9.26 Å². The molecule has 1 heterocycles. The predicted octanol–water partition coefficient (Wildman–Crippen LogP) is 4.12. The summed E-state index contributed by atoms with van der Waals surface area (Å²) in [5.41, 5.74) is 1.95. The Hall–Kier alpha value is -1.32. The first-order valence-corrected chi connectivity index (χ1v) is 8.59. The highest BCUT2D eigenvalue weighted by Gasteiger charge is 2.12. The van der Waals surface area contributed by atoms with Gasteiger partial charge in [-0.1, -0.05) is 42.7 Å². The zero-order valence-electron chi connectivity index (χ0n) is 15.5. The van der Waals surface area contributed by atoms with E-state index in [1.54, 1.807) is 14.2 Å². The Morgan fingerprint density at radius 2 is 2.08 bits per heavy atom. The molecule has 2 N–H and O–H groups in total. The Balaban J connectivity index is 0.00000338. The van der Waals surface area contributed by atoms with Crippen LogP contribution in [0.5, 0.6) is 0 Å². The summed E-state index contributed by atoms with van der Waals surface area (Å²) in [5, 5.41) is 11.2. The Labute approximate surface area is 176 Å². The van der Waals surface area contributed by atoms with Gasteiger partial charge in [0.1, 0.15) is 0 Å². The van der Waals surface area contributed by atoms with Gasteiger partial charge in [0.05, 0.1) is 18.3 Å². The van der Waals surface area contributed by atoms with Gasteiger partial charge in [-0.05, 0) is 23.6 Å². The van der Waals surface area contributed by atoms with Crippen LogP contribution in [-0.2, 0) is 11.3 Å². The smallest absolute Gasteiger partial charge is 0.191 e. The lowest BCUT2D eigenvalue weighted by atomic mass is 10.1. The summed E-state index contributed by atoms with van der Waals surface area (Å²) < 4.78 is 10.9. The molecule has 144 valence electrons. The first kappa shape index (κ1) is 22.7. The average molecular weight is 493 g/mol. The van der Waals surface area contributed by atoms with Crippen molar-refractivity contribution >= 4 is 41.5 Å². The molecule has 0 fully saturated rings. The quantitative estimate of drug-likeness (QED) is 0.346. The fourth-order valence-electron chi connectivity index (χ4n) is 2.31. The minimum Gasteiger partial charge on any atom is -0.375 e. The first-order valence-electron chi connectivity index (χ1n) is 8.21. The van der Waals surface area contributed by atoms with Crippen molar-refractivity contribution in [1.29, 1.82) is 0 Å². The van der Waals surface area contributed by atoms with Crippen molar-refractivity contribution in [2.75, 3.05) is 20.7 Å². The van der Waals surface area contributed by atoms with Crippen LogP contribution in [-0.4, -0.2) is 31.8 Å². The maximum atomic E-state index is 6.05. The molecular weight excluding hydrogens is 467 g/mol. The van der Waals surface area contributed by atoms with Crippen molar-refractivity contribution in [2.24, 2.45) is 4.99 Å². The number of benzene rings is 1.